The molecule has 28 heavy (non-hydrogen) atoms. The fourth-order valence-corrected chi connectivity index (χ4v) is 2.32. The zero-order chi connectivity index (χ0) is 20.5. The van der Waals surface area contributed by atoms with Crippen molar-refractivity contribution in [3.05, 3.63) is 64.0 Å². The summed E-state index contributed by atoms with van der Waals surface area (Å²) in [5.74, 6) is -1.59. The summed E-state index contributed by atoms with van der Waals surface area (Å²) in [6.45, 7) is 1.45. The van der Waals surface area contributed by atoms with Crippen molar-refractivity contribution >= 4 is 28.9 Å². The van der Waals surface area contributed by atoms with E-state index in [9.17, 15) is 24.1 Å². The third-order valence-electron chi connectivity index (χ3n) is 3.79. The Kier molecular flexibility index (Phi) is 7.44. The normalized spacial score (nSPS) is 10.2. The summed E-state index contributed by atoms with van der Waals surface area (Å²) in [4.78, 5) is 33.8. The Bertz CT molecular complexity index is 872. The van der Waals surface area contributed by atoms with E-state index < -0.39 is 29.2 Å². The smallest absolute Gasteiger partial charge is 0.306 e. The molecule has 9 heteroatoms. The van der Waals surface area contributed by atoms with E-state index in [4.69, 9.17) is 4.74 Å². The predicted octanol–water partition coefficient (Wildman–Crippen LogP) is 3.42. The van der Waals surface area contributed by atoms with Crippen LogP contribution in [0.3, 0.4) is 0 Å². The molecule has 1 amide bonds. The maximum Gasteiger partial charge on any atom is 0.306 e. The molecule has 0 fully saturated rings. The van der Waals surface area contributed by atoms with E-state index in [1.54, 1.807) is 31.2 Å². The van der Waals surface area contributed by atoms with Gasteiger partial charge in [0.2, 0.25) is 0 Å². The topological polar surface area (TPSA) is 111 Å². The Hall–Kier alpha value is -3.49. The number of anilines is 2. The molecule has 0 saturated heterocycles. The van der Waals surface area contributed by atoms with Crippen LogP contribution >= 0.6 is 0 Å². The van der Waals surface area contributed by atoms with Crippen LogP contribution in [0.1, 0.15) is 18.4 Å². The van der Waals surface area contributed by atoms with Gasteiger partial charge in [0.05, 0.1) is 4.92 Å². The summed E-state index contributed by atoms with van der Waals surface area (Å²) in [6.07, 6.45) is 0.412. The van der Waals surface area contributed by atoms with Crippen LogP contribution in [-0.4, -0.2) is 30.0 Å². The first-order valence-electron chi connectivity index (χ1n) is 8.55. The van der Waals surface area contributed by atoms with E-state index in [1.807, 2.05) is 0 Å². The van der Waals surface area contributed by atoms with Gasteiger partial charge >= 0.3 is 5.97 Å². The summed E-state index contributed by atoms with van der Waals surface area (Å²) >= 11 is 0. The first kappa shape index (κ1) is 20.8. The Labute approximate surface area is 160 Å². The second-order valence-electron chi connectivity index (χ2n) is 5.98. The summed E-state index contributed by atoms with van der Waals surface area (Å²) < 4.78 is 18.3. The number of halogens is 1. The zero-order valence-electron chi connectivity index (χ0n) is 15.2. The van der Waals surface area contributed by atoms with Gasteiger partial charge in [0.1, 0.15) is 11.5 Å². The van der Waals surface area contributed by atoms with Gasteiger partial charge in [-0.25, -0.2) is 4.39 Å². The van der Waals surface area contributed by atoms with Crippen molar-refractivity contribution in [1.82, 2.24) is 0 Å². The fraction of sp³-hybridized carbons (Fsp3) is 0.263. The molecule has 0 bridgehead atoms. The average Bonchev–Trinajstić information content (AvgIpc) is 2.66. The van der Waals surface area contributed by atoms with E-state index in [0.717, 1.165) is 0 Å². The van der Waals surface area contributed by atoms with Crippen LogP contribution in [0.4, 0.5) is 21.5 Å². The van der Waals surface area contributed by atoms with E-state index in [1.165, 1.54) is 18.2 Å². The van der Waals surface area contributed by atoms with Crippen molar-refractivity contribution in [2.24, 2.45) is 0 Å². The first-order chi connectivity index (χ1) is 13.4. The van der Waals surface area contributed by atoms with Crippen molar-refractivity contribution in [2.45, 2.75) is 19.8 Å². The molecular formula is C19H20FN3O5. The number of carbonyl (C=O) groups is 2. The number of hydrogen-bond acceptors (Lipinski definition) is 6. The number of hydrogen-bond donors (Lipinski definition) is 2. The number of amides is 1. The van der Waals surface area contributed by atoms with Crippen LogP contribution in [0, 0.1) is 22.9 Å². The first-order valence-corrected chi connectivity index (χ1v) is 8.55. The number of nitro benzene ring substituents is 1. The molecule has 2 aromatic rings. The maximum atomic E-state index is 13.4. The van der Waals surface area contributed by atoms with Crippen LogP contribution in [0.2, 0.25) is 0 Å². The monoisotopic (exact) mass is 389 g/mol. The lowest BCUT2D eigenvalue weighted by Gasteiger charge is -2.08. The highest BCUT2D eigenvalue weighted by Gasteiger charge is 2.12. The second-order valence-corrected chi connectivity index (χ2v) is 5.98. The molecule has 0 saturated carbocycles. The molecule has 0 heterocycles. The highest BCUT2D eigenvalue weighted by atomic mass is 19.1. The summed E-state index contributed by atoms with van der Waals surface area (Å²) in [5.41, 5.74) is 1.05. The van der Waals surface area contributed by atoms with Crippen molar-refractivity contribution in [3.63, 3.8) is 0 Å². The number of para-hydroxylation sites is 2. The van der Waals surface area contributed by atoms with Crippen molar-refractivity contribution < 1.29 is 23.6 Å². The van der Waals surface area contributed by atoms with Gasteiger partial charge in [-0.3, -0.25) is 19.7 Å². The zero-order valence-corrected chi connectivity index (χ0v) is 15.2. The number of carbonyl (C=O) groups excluding carboxylic acids is 2. The number of ether oxygens (including phenoxy) is 1. The number of nitrogens with one attached hydrogen (secondary N) is 2. The molecule has 0 spiro atoms. The van der Waals surface area contributed by atoms with E-state index >= 15 is 0 Å². The molecule has 2 rings (SSSR count). The second kappa shape index (κ2) is 10.0. The third-order valence-corrected chi connectivity index (χ3v) is 3.79. The SMILES string of the molecule is Cc1ccc(NC(=O)COC(=O)CCCNc2ccccc2[N+](=O)[O-])cc1F. The summed E-state index contributed by atoms with van der Waals surface area (Å²) in [5, 5.41) is 16.2. The van der Waals surface area contributed by atoms with Gasteiger partial charge in [-0.05, 0) is 37.1 Å². The molecule has 0 aliphatic carbocycles. The van der Waals surface area contributed by atoms with Gasteiger partial charge in [-0.1, -0.05) is 18.2 Å². The number of nitrogens with zero attached hydrogens (tertiary/aromatic N) is 1. The highest BCUT2D eigenvalue weighted by Crippen LogP contribution is 2.23. The number of nitro groups is 1. The lowest BCUT2D eigenvalue weighted by molar-refractivity contribution is -0.384. The number of esters is 1. The lowest BCUT2D eigenvalue weighted by atomic mass is 10.2. The number of rotatable bonds is 9. The van der Waals surface area contributed by atoms with E-state index in [-0.39, 0.29) is 17.8 Å². The van der Waals surface area contributed by atoms with Crippen LogP contribution in [-0.2, 0) is 14.3 Å². The Balaban J connectivity index is 1.68. The van der Waals surface area contributed by atoms with Crippen molar-refractivity contribution in [3.8, 4) is 0 Å². The molecule has 0 unspecified atom stereocenters. The molecule has 2 N–H and O–H groups in total. The van der Waals surface area contributed by atoms with Crippen LogP contribution in [0.25, 0.3) is 0 Å². The molecule has 148 valence electrons. The van der Waals surface area contributed by atoms with Gasteiger partial charge in [-0.15, -0.1) is 0 Å². The quantitative estimate of drug-likeness (QED) is 0.294. The molecular weight excluding hydrogens is 369 g/mol. The highest BCUT2D eigenvalue weighted by molar-refractivity contribution is 5.92. The minimum Gasteiger partial charge on any atom is -0.456 e. The largest absolute Gasteiger partial charge is 0.456 e. The lowest BCUT2D eigenvalue weighted by Crippen LogP contribution is -2.21. The van der Waals surface area contributed by atoms with E-state index in [2.05, 4.69) is 10.6 Å². The number of benzene rings is 2. The molecule has 0 aliphatic heterocycles. The molecule has 0 radical (unpaired) electrons. The minimum atomic E-state index is -0.574. The Morgan fingerprint density at radius 2 is 1.96 bits per heavy atom. The Morgan fingerprint density at radius 3 is 2.68 bits per heavy atom. The standard InChI is InChI=1S/C19H20FN3O5/c1-13-8-9-14(11-15(13)20)22-18(24)12-28-19(25)7-4-10-21-16-5-2-3-6-17(16)23(26)27/h2-3,5-6,8-9,11,21H,4,7,10,12H2,1H3,(H,22,24). The number of aryl methyl sites for hydroxylation is 1. The molecule has 0 aromatic heterocycles. The Morgan fingerprint density at radius 1 is 1.21 bits per heavy atom. The van der Waals surface area contributed by atoms with Gasteiger partial charge in [-0.2, -0.15) is 0 Å². The molecule has 0 atom stereocenters. The molecule has 2 aromatic carbocycles. The average molecular weight is 389 g/mol. The van der Waals surface area contributed by atoms with Gasteiger partial charge in [0, 0.05) is 24.7 Å². The van der Waals surface area contributed by atoms with Crippen LogP contribution in [0.15, 0.2) is 42.5 Å². The van der Waals surface area contributed by atoms with Crippen molar-refractivity contribution in [2.75, 3.05) is 23.8 Å². The fourth-order valence-electron chi connectivity index (χ4n) is 2.32. The van der Waals surface area contributed by atoms with Crippen LogP contribution < -0.4 is 10.6 Å². The summed E-state index contributed by atoms with van der Waals surface area (Å²) in [7, 11) is 0. The minimum absolute atomic E-state index is 0.0417. The van der Waals surface area contributed by atoms with E-state index in [0.29, 0.717) is 24.2 Å². The van der Waals surface area contributed by atoms with Gasteiger partial charge in [0.25, 0.3) is 11.6 Å². The molecule has 0 aliphatic rings. The van der Waals surface area contributed by atoms with Gasteiger partial charge < -0.3 is 15.4 Å². The third kappa shape index (κ3) is 6.35. The van der Waals surface area contributed by atoms with Crippen LogP contribution in [0.5, 0.6) is 0 Å². The molecule has 8 nitrogen and oxygen atoms in total. The van der Waals surface area contributed by atoms with Crippen molar-refractivity contribution in [1.29, 1.82) is 0 Å². The maximum absolute atomic E-state index is 13.4. The van der Waals surface area contributed by atoms with Gasteiger partial charge in [0.15, 0.2) is 6.61 Å². The summed E-state index contributed by atoms with van der Waals surface area (Å²) in [6, 6.07) is 10.5. The predicted molar refractivity (Wildman–Crippen MR) is 102 cm³/mol.